The number of piperidine rings is 1. The monoisotopic (exact) mass is 246 g/mol. The Balaban J connectivity index is 1.90. The van der Waals surface area contributed by atoms with Crippen LogP contribution in [-0.4, -0.2) is 28.9 Å². The second kappa shape index (κ2) is 6.01. The van der Waals surface area contributed by atoms with Gasteiger partial charge >= 0.3 is 0 Å². The third-order valence-corrected chi connectivity index (χ3v) is 3.63. The normalized spacial score (nSPS) is 17.2. The molecule has 1 saturated heterocycles. The molecule has 0 amide bonds. The van der Waals surface area contributed by atoms with Gasteiger partial charge in [0.05, 0.1) is 5.71 Å². The molecule has 0 radical (unpaired) electrons. The van der Waals surface area contributed by atoms with Crippen molar-refractivity contribution in [2.45, 2.75) is 39.2 Å². The molecule has 0 spiro atoms. The van der Waals surface area contributed by atoms with Crippen molar-refractivity contribution in [3.63, 3.8) is 0 Å². The summed E-state index contributed by atoms with van der Waals surface area (Å²) in [5.41, 5.74) is 3.69. The number of hydrogen-bond donors (Lipinski definition) is 1. The first-order chi connectivity index (χ1) is 8.69. The van der Waals surface area contributed by atoms with Crippen molar-refractivity contribution in [3.05, 3.63) is 35.4 Å². The summed E-state index contributed by atoms with van der Waals surface area (Å²) in [6, 6.07) is 8.91. The number of benzene rings is 1. The van der Waals surface area contributed by atoms with E-state index in [9.17, 15) is 0 Å². The minimum absolute atomic E-state index is 0.595. The van der Waals surface area contributed by atoms with E-state index in [0.717, 1.165) is 38.2 Å². The average molecular weight is 246 g/mol. The van der Waals surface area contributed by atoms with Crippen LogP contribution >= 0.6 is 0 Å². The number of hydrogen-bond acceptors (Lipinski definition) is 3. The average Bonchev–Trinajstić information content (AvgIpc) is 2.40. The van der Waals surface area contributed by atoms with Gasteiger partial charge in [-0.15, -0.1) is 0 Å². The van der Waals surface area contributed by atoms with E-state index in [1.54, 1.807) is 0 Å². The van der Waals surface area contributed by atoms with E-state index in [-0.39, 0.29) is 0 Å². The molecule has 1 fully saturated rings. The van der Waals surface area contributed by atoms with Gasteiger partial charge in [0.15, 0.2) is 0 Å². The van der Waals surface area contributed by atoms with E-state index >= 15 is 0 Å². The second-order valence-electron chi connectivity index (χ2n) is 5.34. The summed E-state index contributed by atoms with van der Waals surface area (Å²) in [5, 5.41) is 12.0. The predicted molar refractivity (Wildman–Crippen MR) is 74.3 cm³/mol. The summed E-state index contributed by atoms with van der Waals surface area (Å²) in [6.45, 7) is 7.42. The maximum atomic E-state index is 8.72. The zero-order valence-electron chi connectivity index (χ0n) is 11.3. The van der Waals surface area contributed by atoms with Crippen LogP contribution in [0.15, 0.2) is 29.4 Å². The van der Waals surface area contributed by atoms with Crippen LogP contribution in [0, 0.1) is 0 Å². The van der Waals surface area contributed by atoms with Crippen molar-refractivity contribution in [1.29, 1.82) is 0 Å². The minimum Gasteiger partial charge on any atom is -0.411 e. The molecule has 0 atom stereocenters. The highest BCUT2D eigenvalue weighted by molar-refractivity contribution is 5.84. The summed E-state index contributed by atoms with van der Waals surface area (Å²) in [6.07, 6.45) is 1.78. The third-order valence-electron chi connectivity index (χ3n) is 3.63. The SMILES string of the molecule is CC(C)c1ccc(CN2CCC(=NO)CC2)cc1. The van der Waals surface area contributed by atoms with Gasteiger partial charge in [0.2, 0.25) is 0 Å². The lowest BCUT2D eigenvalue weighted by molar-refractivity contribution is 0.256. The Hall–Kier alpha value is -1.35. The first-order valence-corrected chi connectivity index (χ1v) is 6.70. The summed E-state index contributed by atoms with van der Waals surface area (Å²) < 4.78 is 0. The molecule has 1 aliphatic rings. The van der Waals surface area contributed by atoms with Crippen molar-refractivity contribution in [3.8, 4) is 0 Å². The van der Waals surface area contributed by atoms with Crippen molar-refractivity contribution in [1.82, 2.24) is 4.90 Å². The van der Waals surface area contributed by atoms with Gasteiger partial charge in [0.1, 0.15) is 0 Å². The lowest BCUT2D eigenvalue weighted by Gasteiger charge is -2.27. The summed E-state index contributed by atoms with van der Waals surface area (Å²) in [4.78, 5) is 2.42. The van der Waals surface area contributed by atoms with E-state index in [2.05, 4.69) is 48.2 Å². The highest BCUT2D eigenvalue weighted by atomic mass is 16.4. The van der Waals surface area contributed by atoms with Crippen molar-refractivity contribution in [2.75, 3.05) is 13.1 Å². The lowest BCUT2D eigenvalue weighted by Crippen LogP contribution is -2.33. The summed E-state index contributed by atoms with van der Waals surface area (Å²) in [7, 11) is 0. The second-order valence-corrected chi connectivity index (χ2v) is 5.34. The Morgan fingerprint density at radius 1 is 1.17 bits per heavy atom. The maximum absolute atomic E-state index is 8.72. The Morgan fingerprint density at radius 2 is 1.78 bits per heavy atom. The fourth-order valence-electron chi connectivity index (χ4n) is 2.34. The van der Waals surface area contributed by atoms with Crippen LogP contribution < -0.4 is 0 Å². The maximum Gasteiger partial charge on any atom is 0.0596 e. The van der Waals surface area contributed by atoms with Crippen molar-refractivity contribution < 1.29 is 5.21 Å². The molecule has 0 unspecified atom stereocenters. The van der Waals surface area contributed by atoms with Gasteiger partial charge in [-0.3, -0.25) is 4.90 Å². The van der Waals surface area contributed by atoms with Crippen LogP contribution in [0.1, 0.15) is 43.7 Å². The van der Waals surface area contributed by atoms with E-state index < -0.39 is 0 Å². The first kappa shape index (κ1) is 13.1. The Kier molecular flexibility index (Phi) is 4.37. The van der Waals surface area contributed by atoms with Crippen LogP contribution in [0.3, 0.4) is 0 Å². The highest BCUT2D eigenvalue weighted by Crippen LogP contribution is 2.17. The number of likely N-dealkylation sites (tertiary alicyclic amines) is 1. The van der Waals surface area contributed by atoms with Crippen LogP contribution in [0.2, 0.25) is 0 Å². The predicted octanol–water partition coefficient (Wildman–Crippen LogP) is 3.24. The third kappa shape index (κ3) is 3.33. The Bertz CT molecular complexity index is 399. The number of rotatable bonds is 3. The first-order valence-electron chi connectivity index (χ1n) is 6.70. The molecular weight excluding hydrogens is 224 g/mol. The minimum atomic E-state index is 0.595. The molecule has 1 N–H and O–H groups in total. The molecule has 3 nitrogen and oxygen atoms in total. The van der Waals surface area contributed by atoms with Crippen LogP contribution in [-0.2, 0) is 6.54 Å². The van der Waals surface area contributed by atoms with Crippen molar-refractivity contribution >= 4 is 5.71 Å². The molecule has 2 rings (SSSR count). The standard InChI is InChI=1S/C15H22N2O/c1-12(2)14-5-3-13(4-6-14)11-17-9-7-15(16-18)8-10-17/h3-6,12,18H,7-11H2,1-2H3. The Morgan fingerprint density at radius 3 is 2.28 bits per heavy atom. The van der Waals surface area contributed by atoms with Gasteiger partial charge in [-0.2, -0.15) is 0 Å². The van der Waals surface area contributed by atoms with Gasteiger partial charge in [-0.05, 0) is 17.0 Å². The largest absolute Gasteiger partial charge is 0.411 e. The lowest BCUT2D eigenvalue weighted by atomic mass is 10.0. The summed E-state index contributed by atoms with van der Waals surface area (Å²) in [5.74, 6) is 0.595. The van der Waals surface area contributed by atoms with Gasteiger partial charge in [-0.25, -0.2) is 0 Å². The van der Waals surface area contributed by atoms with E-state index in [4.69, 9.17) is 5.21 Å². The molecule has 1 aromatic rings. The molecule has 0 aromatic heterocycles. The molecule has 0 saturated carbocycles. The Labute approximate surface area is 109 Å². The van der Waals surface area contributed by atoms with Gasteiger partial charge in [0.25, 0.3) is 0 Å². The van der Waals surface area contributed by atoms with E-state index in [1.807, 2.05) is 0 Å². The number of oxime groups is 1. The molecule has 1 aliphatic heterocycles. The molecule has 98 valence electrons. The van der Waals surface area contributed by atoms with Gasteiger partial charge < -0.3 is 5.21 Å². The molecule has 18 heavy (non-hydrogen) atoms. The van der Waals surface area contributed by atoms with E-state index in [1.165, 1.54) is 11.1 Å². The van der Waals surface area contributed by atoms with Crippen molar-refractivity contribution in [2.24, 2.45) is 5.16 Å². The highest BCUT2D eigenvalue weighted by Gasteiger charge is 2.15. The van der Waals surface area contributed by atoms with Crippen LogP contribution in [0.25, 0.3) is 0 Å². The topological polar surface area (TPSA) is 35.8 Å². The molecule has 0 bridgehead atoms. The van der Waals surface area contributed by atoms with E-state index in [0.29, 0.717) is 5.92 Å². The fraction of sp³-hybridized carbons (Fsp3) is 0.533. The zero-order valence-corrected chi connectivity index (χ0v) is 11.3. The molecule has 0 aliphatic carbocycles. The van der Waals surface area contributed by atoms with Crippen LogP contribution in [0.4, 0.5) is 0 Å². The van der Waals surface area contributed by atoms with Crippen LogP contribution in [0.5, 0.6) is 0 Å². The molecule has 1 heterocycles. The molecule has 1 aromatic carbocycles. The molecular formula is C15H22N2O. The zero-order chi connectivity index (χ0) is 13.0. The van der Waals surface area contributed by atoms with Gasteiger partial charge in [-0.1, -0.05) is 43.3 Å². The van der Waals surface area contributed by atoms with Gasteiger partial charge in [0, 0.05) is 32.5 Å². The number of nitrogens with zero attached hydrogens (tertiary/aromatic N) is 2. The summed E-state index contributed by atoms with van der Waals surface area (Å²) >= 11 is 0. The fourth-order valence-corrected chi connectivity index (χ4v) is 2.34. The molecule has 3 heteroatoms. The smallest absolute Gasteiger partial charge is 0.0596 e. The quantitative estimate of drug-likeness (QED) is 0.656.